The summed E-state index contributed by atoms with van der Waals surface area (Å²) in [5.74, 6) is 0. The van der Waals surface area contributed by atoms with Crippen LogP contribution in [0.4, 0.5) is 0 Å². The van der Waals surface area contributed by atoms with Gasteiger partial charge < -0.3 is 5.01 Å². The molecule has 0 atom stereocenters. The quantitative estimate of drug-likeness (QED) is 0.554. The highest BCUT2D eigenvalue weighted by Gasteiger charge is 2.27. The lowest BCUT2D eigenvalue weighted by Gasteiger charge is -2.21. The first kappa shape index (κ1) is 6.90. The van der Waals surface area contributed by atoms with Gasteiger partial charge in [-0.2, -0.15) is 0 Å². The van der Waals surface area contributed by atoms with E-state index in [0.717, 1.165) is 5.03 Å². The highest BCUT2D eigenvalue weighted by atomic mass is 35.5. The van der Waals surface area contributed by atoms with Crippen LogP contribution in [0.2, 0.25) is 0 Å². The molecule has 3 heteroatoms. The van der Waals surface area contributed by atoms with Crippen molar-refractivity contribution in [3.05, 3.63) is 11.2 Å². The summed E-state index contributed by atoms with van der Waals surface area (Å²) in [6.07, 6.45) is 1.88. The zero-order valence-corrected chi connectivity index (χ0v) is 6.66. The monoisotopic (exact) mass is 146 g/mol. The zero-order chi connectivity index (χ0) is 7.07. The van der Waals surface area contributed by atoms with E-state index in [1.54, 1.807) is 0 Å². The molecule has 0 unspecified atom stereocenters. The Morgan fingerprint density at radius 2 is 2.22 bits per heavy atom. The van der Waals surface area contributed by atoms with E-state index in [2.05, 4.69) is 5.43 Å². The molecule has 0 amide bonds. The van der Waals surface area contributed by atoms with Crippen LogP contribution in [0.5, 0.6) is 0 Å². The van der Waals surface area contributed by atoms with Gasteiger partial charge in [-0.3, -0.25) is 0 Å². The van der Waals surface area contributed by atoms with Crippen molar-refractivity contribution in [3.8, 4) is 0 Å². The molecule has 0 spiro atoms. The van der Waals surface area contributed by atoms with Crippen molar-refractivity contribution in [2.24, 2.45) is 0 Å². The number of nitrogens with zero attached hydrogens (tertiary/aromatic N) is 1. The summed E-state index contributed by atoms with van der Waals surface area (Å²) < 4.78 is 0. The smallest absolute Gasteiger partial charge is 0.0686 e. The first-order chi connectivity index (χ1) is 4.02. The van der Waals surface area contributed by atoms with Gasteiger partial charge in [-0.1, -0.05) is 11.6 Å². The van der Waals surface area contributed by atoms with Gasteiger partial charge in [0, 0.05) is 13.2 Å². The molecule has 0 aromatic carbocycles. The Balaban J connectivity index is 2.76. The van der Waals surface area contributed by atoms with Crippen LogP contribution in [0.3, 0.4) is 0 Å². The van der Waals surface area contributed by atoms with Gasteiger partial charge in [0.1, 0.15) is 0 Å². The molecule has 1 aliphatic rings. The number of nitrogens with one attached hydrogen (secondary N) is 1. The fraction of sp³-hybridized carbons (Fsp3) is 0.667. The second-order valence-corrected chi connectivity index (χ2v) is 3.23. The Kier molecular flexibility index (Phi) is 1.45. The molecule has 9 heavy (non-hydrogen) atoms. The Bertz CT molecular complexity index is 151. The Hall–Kier alpha value is -0.210. The summed E-state index contributed by atoms with van der Waals surface area (Å²) in [4.78, 5) is 0. The topological polar surface area (TPSA) is 15.3 Å². The van der Waals surface area contributed by atoms with E-state index >= 15 is 0 Å². The first-order valence-electron chi connectivity index (χ1n) is 2.91. The van der Waals surface area contributed by atoms with Gasteiger partial charge in [-0.25, -0.2) is 5.43 Å². The van der Waals surface area contributed by atoms with Crippen LogP contribution in [0.1, 0.15) is 13.8 Å². The van der Waals surface area contributed by atoms with E-state index in [4.69, 9.17) is 11.6 Å². The molecule has 0 bridgehead atoms. The van der Waals surface area contributed by atoms with Gasteiger partial charge >= 0.3 is 0 Å². The number of hydrazine groups is 1. The summed E-state index contributed by atoms with van der Waals surface area (Å²) in [5.41, 5.74) is 3.08. The van der Waals surface area contributed by atoms with Gasteiger partial charge in [0.2, 0.25) is 0 Å². The molecule has 1 aliphatic heterocycles. The molecule has 0 fully saturated rings. The lowest BCUT2D eigenvalue weighted by atomic mass is 10.1. The molecule has 0 saturated carbocycles. The van der Waals surface area contributed by atoms with Gasteiger partial charge in [-0.05, 0) is 13.8 Å². The molecule has 0 aromatic heterocycles. The van der Waals surface area contributed by atoms with E-state index < -0.39 is 0 Å². The fourth-order valence-electron chi connectivity index (χ4n) is 0.858. The summed E-state index contributed by atoms with van der Waals surface area (Å²) in [5, 5.41) is 2.72. The predicted molar refractivity (Wildman–Crippen MR) is 38.9 cm³/mol. The van der Waals surface area contributed by atoms with Crippen LogP contribution in [-0.2, 0) is 0 Å². The minimum atomic E-state index is -0.0731. The molecule has 0 saturated heterocycles. The summed E-state index contributed by atoms with van der Waals surface area (Å²) in [6, 6.07) is 0. The maximum atomic E-state index is 5.86. The number of hydrogen-bond donors (Lipinski definition) is 1. The highest BCUT2D eigenvalue weighted by molar-refractivity contribution is 6.30. The summed E-state index contributed by atoms with van der Waals surface area (Å²) in [7, 11) is 1.93. The molecule has 1 heterocycles. The van der Waals surface area contributed by atoms with Crippen LogP contribution < -0.4 is 5.43 Å². The first-order valence-corrected chi connectivity index (χ1v) is 3.28. The van der Waals surface area contributed by atoms with Crippen molar-refractivity contribution in [2.45, 2.75) is 19.4 Å². The van der Waals surface area contributed by atoms with Crippen molar-refractivity contribution in [1.82, 2.24) is 10.4 Å². The maximum absolute atomic E-state index is 5.86. The van der Waals surface area contributed by atoms with Gasteiger partial charge in [0.25, 0.3) is 0 Å². The molecular weight excluding hydrogens is 136 g/mol. The van der Waals surface area contributed by atoms with Crippen LogP contribution >= 0.6 is 11.6 Å². The summed E-state index contributed by atoms with van der Waals surface area (Å²) in [6.45, 7) is 4.07. The Morgan fingerprint density at radius 1 is 1.67 bits per heavy atom. The van der Waals surface area contributed by atoms with Crippen molar-refractivity contribution in [1.29, 1.82) is 0 Å². The molecule has 0 aromatic rings. The lowest BCUT2D eigenvalue weighted by molar-refractivity contribution is 0.280. The average Bonchev–Trinajstić information content (AvgIpc) is 1.79. The van der Waals surface area contributed by atoms with E-state index in [1.165, 1.54) is 0 Å². The van der Waals surface area contributed by atoms with Crippen molar-refractivity contribution in [2.75, 3.05) is 7.05 Å². The largest absolute Gasteiger partial charge is 0.317 e. The number of hydrogen-bond acceptors (Lipinski definition) is 2. The predicted octanol–water partition coefficient (Wildman–Crippen LogP) is 1.30. The second-order valence-electron chi connectivity index (χ2n) is 2.82. The SMILES string of the molecule is CN1C=C(Cl)C(C)(C)N1. The van der Waals surface area contributed by atoms with Gasteiger partial charge in [0.15, 0.2) is 0 Å². The second kappa shape index (κ2) is 1.89. The Morgan fingerprint density at radius 3 is 2.33 bits per heavy atom. The number of rotatable bonds is 0. The van der Waals surface area contributed by atoms with E-state index in [-0.39, 0.29) is 5.54 Å². The molecule has 1 N–H and O–H groups in total. The van der Waals surface area contributed by atoms with Crippen LogP contribution in [-0.4, -0.2) is 17.6 Å². The average molecular weight is 147 g/mol. The number of halogens is 1. The van der Waals surface area contributed by atoms with Crippen molar-refractivity contribution < 1.29 is 0 Å². The lowest BCUT2D eigenvalue weighted by Crippen LogP contribution is -2.40. The molecule has 52 valence electrons. The Labute approximate surface area is 60.5 Å². The van der Waals surface area contributed by atoms with Gasteiger partial charge in [-0.15, -0.1) is 0 Å². The molecule has 0 radical (unpaired) electrons. The van der Waals surface area contributed by atoms with E-state index in [9.17, 15) is 0 Å². The standard InChI is InChI=1S/C6H11ClN2/c1-6(2)5(7)4-9(3)8-6/h4,8H,1-3H3. The molecule has 0 aliphatic carbocycles. The highest BCUT2D eigenvalue weighted by Crippen LogP contribution is 2.24. The third kappa shape index (κ3) is 1.19. The minimum Gasteiger partial charge on any atom is -0.317 e. The van der Waals surface area contributed by atoms with Crippen LogP contribution in [0.25, 0.3) is 0 Å². The maximum Gasteiger partial charge on any atom is 0.0686 e. The van der Waals surface area contributed by atoms with Gasteiger partial charge in [0.05, 0.1) is 10.6 Å². The normalized spacial score (nSPS) is 24.4. The van der Waals surface area contributed by atoms with E-state index in [1.807, 2.05) is 32.1 Å². The van der Waals surface area contributed by atoms with E-state index in [0.29, 0.717) is 0 Å². The molecular formula is C6H11ClN2. The van der Waals surface area contributed by atoms with Crippen LogP contribution in [0.15, 0.2) is 11.2 Å². The molecule has 2 nitrogen and oxygen atoms in total. The van der Waals surface area contributed by atoms with Crippen molar-refractivity contribution in [3.63, 3.8) is 0 Å². The van der Waals surface area contributed by atoms with Crippen LogP contribution in [0, 0.1) is 0 Å². The fourth-order valence-corrected chi connectivity index (χ4v) is 1.05. The minimum absolute atomic E-state index is 0.0731. The third-order valence-electron chi connectivity index (χ3n) is 1.36. The third-order valence-corrected chi connectivity index (χ3v) is 1.93. The zero-order valence-electron chi connectivity index (χ0n) is 5.90. The van der Waals surface area contributed by atoms with Crippen molar-refractivity contribution >= 4 is 11.6 Å². The summed E-state index contributed by atoms with van der Waals surface area (Å²) >= 11 is 5.86. The molecule has 1 rings (SSSR count).